The molecule has 0 aliphatic carbocycles. The van der Waals surface area contributed by atoms with Crippen molar-refractivity contribution in [2.75, 3.05) is 0 Å². The van der Waals surface area contributed by atoms with Gasteiger partial charge in [-0.2, -0.15) is 0 Å². The lowest BCUT2D eigenvalue weighted by Gasteiger charge is -2.18. The van der Waals surface area contributed by atoms with Crippen LogP contribution in [-0.2, 0) is 0 Å². The van der Waals surface area contributed by atoms with Gasteiger partial charge in [0, 0.05) is 10.8 Å². The zero-order valence-corrected chi connectivity index (χ0v) is 25.6. The van der Waals surface area contributed by atoms with Crippen molar-refractivity contribution in [1.29, 1.82) is 0 Å². The molecular weight excluding hydrogens is 569 g/mol. The van der Waals surface area contributed by atoms with Gasteiger partial charge in [0.15, 0.2) is 0 Å². The third-order valence-corrected chi connectivity index (χ3v) is 9.80. The van der Waals surface area contributed by atoms with Gasteiger partial charge in [-0.3, -0.25) is 0 Å². The van der Waals surface area contributed by atoms with E-state index in [-0.39, 0.29) is 0 Å². The smallest absolute Gasteiger partial charge is 0.136 e. The standard InChI is InChI=1S/C46H28O/c1-2-10-29(11-3-1)32-18-19-34-25-35(21-20-33(34)24-32)45-38-14-6-8-16-40(38)46(41-17-9-7-15-39(41)45)36-22-23-37-42-26-30-12-4-5-13-31(30)27-44(42)47-43(37)28-36/h1-28H. The molecule has 0 spiro atoms. The van der Waals surface area contributed by atoms with Crippen LogP contribution in [0.5, 0.6) is 0 Å². The summed E-state index contributed by atoms with van der Waals surface area (Å²) in [5.74, 6) is 0. The molecule has 0 N–H and O–H groups in total. The van der Waals surface area contributed by atoms with Gasteiger partial charge in [-0.1, -0.05) is 133 Å². The Kier molecular flexibility index (Phi) is 5.64. The maximum absolute atomic E-state index is 6.52. The molecule has 1 heteroatoms. The molecule has 9 aromatic carbocycles. The minimum absolute atomic E-state index is 0.912. The van der Waals surface area contributed by atoms with Crippen molar-refractivity contribution < 1.29 is 4.42 Å². The molecule has 10 aromatic rings. The average Bonchev–Trinajstić information content (AvgIpc) is 3.49. The van der Waals surface area contributed by atoms with Gasteiger partial charge in [0.05, 0.1) is 0 Å². The van der Waals surface area contributed by atoms with Gasteiger partial charge < -0.3 is 4.42 Å². The largest absolute Gasteiger partial charge is 0.456 e. The zero-order valence-electron chi connectivity index (χ0n) is 25.6. The Morgan fingerprint density at radius 3 is 1.38 bits per heavy atom. The number of hydrogen-bond donors (Lipinski definition) is 0. The number of benzene rings is 9. The first kappa shape index (κ1) is 26.1. The maximum atomic E-state index is 6.52. The molecule has 0 saturated carbocycles. The molecule has 0 fully saturated rings. The van der Waals surface area contributed by atoms with Crippen LogP contribution in [0.3, 0.4) is 0 Å². The fraction of sp³-hybridized carbons (Fsp3) is 0. The molecule has 0 bridgehead atoms. The first-order valence-corrected chi connectivity index (χ1v) is 16.2. The Labute approximate surface area is 271 Å². The van der Waals surface area contributed by atoms with E-state index in [1.54, 1.807) is 0 Å². The normalized spacial score (nSPS) is 11.8. The first-order valence-electron chi connectivity index (χ1n) is 16.2. The summed E-state index contributed by atoms with van der Waals surface area (Å²) in [4.78, 5) is 0. The Morgan fingerprint density at radius 1 is 0.255 bits per heavy atom. The van der Waals surface area contributed by atoms with Gasteiger partial charge in [-0.15, -0.1) is 0 Å². The minimum Gasteiger partial charge on any atom is -0.456 e. The van der Waals surface area contributed by atoms with Crippen molar-refractivity contribution in [3.63, 3.8) is 0 Å². The summed E-state index contributed by atoms with van der Waals surface area (Å²) in [7, 11) is 0. The van der Waals surface area contributed by atoms with Crippen molar-refractivity contribution in [2.45, 2.75) is 0 Å². The molecule has 218 valence electrons. The summed E-state index contributed by atoms with van der Waals surface area (Å²) in [5, 5.41) is 12.2. The molecule has 10 rings (SSSR count). The van der Waals surface area contributed by atoms with Gasteiger partial charge >= 0.3 is 0 Å². The summed E-state index contributed by atoms with van der Waals surface area (Å²) in [5.41, 5.74) is 9.20. The summed E-state index contributed by atoms with van der Waals surface area (Å²) in [6.07, 6.45) is 0. The van der Waals surface area contributed by atoms with Crippen LogP contribution in [0.25, 0.3) is 98.4 Å². The molecule has 0 unspecified atom stereocenters. The predicted molar refractivity (Wildman–Crippen MR) is 200 cm³/mol. The Bertz CT molecular complexity index is 2780. The first-order chi connectivity index (χ1) is 23.3. The molecule has 0 saturated heterocycles. The zero-order chi connectivity index (χ0) is 30.9. The predicted octanol–water partition coefficient (Wildman–Crippen LogP) is 13.2. The van der Waals surface area contributed by atoms with E-state index in [0.29, 0.717) is 0 Å². The summed E-state index contributed by atoms with van der Waals surface area (Å²) in [6.45, 7) is 0. The summed E-state index contributed by atoms with van der Waals surface area (Å²) >= 11 is 0. The van der Waals surface area contributed by atoms with Crippen LogP contribution in [0.4, 0.5) is 0 Å². The van der Waals surface area contributed by atoms with Crippen molar-refractivity contribution in [2.24, 2.45) is 0 Å². The molecule has 0 aliphatic heterocycles. The highest BCUT2D eigenvalue weighted by molar-refractivity contribution is 6.22. The molecule has 0 aliphatic rings. The lowest BCUT2D eigenvalue weighted by molar-refractivity contribution is 0.669. The topological polar surface area (TPSA) is 13.1 Å². The van der Waals surface area contributed by atoms with Crippen LogP contribution in [0.15, 0.2) is 174 Å². The highest BCUT2D eigenvalue weighted by Gasteiger charge is 2.18. The van der Waals surface area contributed by atoms with E-state index in [9.17, 15) is 0 Å². The van der Waals surface area contributed by atoms with E-state index in [4.69, 9.17) is 4.42 Å². The van der Waals surface area contributed by atoms with Gasteiger partial charge in [0.25, 0.3) is 0 Å². The number of rotatable bonds is 3. The van der Waals surface area contributed by atoms with Crippen LogP contribution in [-0.4, -0.2) is 0 Å². The van der Waals surface area contributed by atoms with E-state index < -0.39 is 0 Å². The number of fused-ring (bicyclic) bond motifs is 7. The van der Waals surface area contributed by atoms with Crippen molar-refractivity contribution >= 4 is 65.0 Å². The third kappa shape index (κ3) is 4.10. The van der Waals surface area contributed by atoms with Crippen molar-refractivity contribution in [3.05, 3.63) is 170 Å². The molecule has 1 heterocycles. The Balaban J connectivity index is 1.18. The second-order valence-corrected chi connectivity index (χ2v) is 12.5. The van der Waals surface area contributed by atoms with Crippen LogP contribution in [0.2, 0.25) is 0 Å². The van der Waals surface area contributed by atoms with E-state index in [2.05, 4.69) is 170 Å². The Hall–Kier alpha value is -6.18. The second-order valence-electron chi connectivity index (χ2n) is 12.5. The van der Waals surface area contributed by atoms with Crippen LogP contribution >= 0.6 is 0 Å². The third-order valence-electron chi connectivity index (χ3n) is 9.80. The van der Waals surface area contributed by atoms with Crippen LogP contribution < -0.4 is 0 Å². The SMILES string of the molecule is c1ccc(-c2ccc3cc(-c4c5ccccc5c(-c5ccc6c(c5)oc5cc7ccccc7cc56)c5ccccc45)ccc3c2)cc1. The molecule has 0 atom stereocenters. The Morgan fingerprint density at radius 2 is 0.723 bits per heavy atom. The van der Waals surface area contributed by atoms with E-state index >= 15 is 0 Å². The maximum Gasteiger partial charge on any atom is 0.136 e. The lowest BCUT2D eigenvalue weighted by atomic mass is 9.85. The van der Waals surface area contributed by atoms with E-state index in [0.717, 1.165) is 27.5 Å². The molecule has 47 heavy (non-hydrogen) atoms. The summed E-state index contributed by atoms with van der Waals surface area (Å²) in [6, 6.07) is 61.6. The van der Waals surface area contributed by atoms with Gasteiger partial charge in [-0.05, 0) is 113 Å². The average molecular weight is 597 g/mol. The van der Waals surface area contributed by atoms with Crippen LogP contribution in [0, 0.1) is 0 Å². The van der Waals surface area contributed by atoms with Crippen molar-refractivity contribution in [3.8, 4) is 33.4 Å². The summed E-state index contributed by atoms with van der Waals surface area (Å²) < 4.78 is 6.52. The van der Waals surface area contributed by atoms with E-state index in [1.165, 1.54) is 70.9 Å². The lowest BCUT2D eigenvalue weighted by Crippen LogP contribution is -1.91. The molecule has 1 aromatic heterocycles. The van der Waals surface area contributed by atoms with Gasteiger partial charge in [-0.25, -0.2) is 0 Å². The molecule has 0 radical (unpaired) electrons. The minimum atomic E-state index is 0.912. The van der Waals surface area contributed by atoms with Crippen LogP contribution in [0.1, 0.15) is 0 Å². The molecule has 0 amide bonds. The second kappa shape index (κ2) is 10.2. The highest BCUT2D eigenvalue weighted by Crippen LogP contribution is 2.45. The number of hydrogen-bond acceptors (Lipinski definition) is 1. The van der Waals surface area contributed by atoms with Gasteiger partial charge in [0.1, 0.15) is 11.2 Å². The molecule has 1 nitrogen and oxygen atoms in total. The van der Waals surface area contributed by atoms with Crippen molar-refractivity contribution in [1.82, 2.24) is 0 Å². The molecular formula is C46H28O. The number of furan rings is 1. The quantitative estimate of drug-likeness (QED) is 0.185. The fourth-order valence-electron chi connectivity index (χ4n) is 7.58. The van der Waals surface area contributed by atoms with Gasteiger partial charge in [0.2, 0.25) is 0 Å². The monoisotopic (exact) mass is 596 g/mol. The highest BCUT2D eigenvalue weighted by atomic mass is 16.3. The van der Waals surface area contributed by atoms with E-state index in [1.807, 2.05) is 0 Å². The fourth-order valence-corrected chi connectivity index (χ4v) is 7.58.